The van der Waals surface area contributed by atoms with Gasteiger partial charge in [0.05, 0.1) is 19.3 Å². The largest absolute Gasteiger partial charge is 0.464 e. The second-order valence-corrected chi connectivity index (χ2v) is 5.29. The number of rotatable bonds is 2. The highest BCUT2D eigenvalue weighted by atomic mass is 16.6. The molecule has 104 valence electrons. The quantitative estimate of drug-likeness (QED) is 0.746. The zero-order valence-electron chi connectivity index (χ0n) is 11.3. The van der Waals surface area contributed by atoms with Crippen LogP contribution in [0.5, 0.6) is 0 Å². The smallest absolute Gasteiger partial charge is 0.411 e. The van der Waals surface area contributed by atoms with Crippen LogP contribution < -0.4 is 0 Å². The summed E-state index contributed by atoms with van der Waals surface area (Å²) in [6, 6.07) is -0.755. The molecule has 0 aliphatic carbocycles. The second-order valence-electron chi connectivity index (χ2n) is 5.29. The summed E-state index contributed by atoms with van der Waals surface area (Å²) in [6.45, 7) is 7.28. The van der Waals surface area contributed by atoms with Crippen molar-refractivity contribution >= 4 is 12.1 Å². The summed E-state index contributed by atoms with van der Waals surface area (Å²) in [5.41, 5.74) is -0.635. The van der Waals surface area contributed by atoms with Gasteiger partial charge in [-0.15, -0.1) is 0 Å². The number of aliphatic hydroxyl groups excluding tert-OH is 1. The van der Waals surface area contributed by atoms with Crippen LogP contribution in [0.2, 0.25) is 0 Å². The standard InChI is InChI=1S/C12H21NO5/c1-5-17-10(15)9-6-8(14)7-13(9)11(16)18-12(2,3)4/h8-9,14H,5-7H2,1-4H3/t8-,9-/m1/s1. The molecule has 6 nitrogen and oxygen atoms in total. The van der Waals surface area contributed by atoms with Crippen LogP contribution >= 0.6 is 0 Å². The summed E-state index contributed by atoms with van der Waals surface area (Å²) >= 11 is 0. The summed E-state index contributed by atoms with van der Waals surface area (Å²) in [5.74, 6) is -0.500. The van der Waals surface area contributed by atoms with Crippen LogP contribution in [-0.2, 0) is 14.3 Å². The number of carbonyl (C=O) groups excluding carboxylic acids is 2. The highest BCUT2D eigenvalue weighted by Crippen LogP contribution is 2.22. The third-order valence-corrected chi connectivity index (χ3v) is 2.47. The molecule has 1 amide bonds. The van der Waals surface area contributed by atoms with Crippen LogP contribution in [0.25, 0.3) is 0 Å². The minimum Gasteiger partial charge on any atom is -0.464 e. The Bertz CT molecular complexity index is 323. The van der Waals surface area contributed by atoms with Crippen molar-refractivity contribution in [2.75, 3.05) is 13.2 Å². The molecule has 1 heterocycles. The van der Waals surface area contributed by atoms with E-state index in [2.05, 4.69) is 0 Å². The van der Waals surface area contributed by atoms with E-state index >= 15 is 0 Å². The fraction of sp³-hybridized carbons (Fsp3) is 0.833. The number of β-amino-alcohol motifs (C(OH)–C–C–N with tert-alkyl or cyclic N) is 1. The first kappa shape index (κ1) is 14.8. The molecule has 0 spiro atoms. The van der Waals surface area contributed by atoms with Gasteiger partial charge in [0.15, 0.2) is 0 Å². The Balaban J connectivity index is 2.72. The molecule has 1 aliphatic rings. The number of ether oxygens (including phenoxy) is 2. The lowest BCUT2D eigenvalue weighted by atomic mass is 10.2. The number of likely N-dealkylation sites (tertiary alicyclic amines) is 1. The number of aliphatic hydroxyl groups is 1. The average molecular weight is 259 g/mol. The fourth-order valence-electron chi connectivity index (χ4n) is 1.80. The summed E-state index contributed by atoms with van der Waals surface area (Å²) in [4.78, 5) is 24.8. The molecule has 2 atom stereocenters. The molecule has 1 saturated heterocycles. The van der Waals surface area contributed by atoms with E-state index in [1.807, 2.05) is 0 Å². The minimum absolute atomic E-state index is 0.0956. The van der Waals surface area contributed by atoms with Crippen LogP contribution in [0.15, 0.2) is 0 Å². The van der Waals surface area contributed by atoms with Crippen LogP contribution in [0.4, 0.5) is 4.79 Å². The van der Waals surface area contributed by atoms with Crippen LogP contribution in [-0.4, -0.2) is 53.0 Å². The molecular weight excluding hydrogens is 238 g/mol. The summed E-state index contributed by atoms with van der Waals surface area (Å²) < 4.78 is 10.1. The van der Waals surface area contributed by atoms with Gasteiger partial charge >= 0.3 is 12.1 Å². The van der Waals surface area contributed by atoms with E-state index in [9.17, 15) is 14.7 Å². The fourth-order valence-corrected chi connectivity index (χ4v) is 1.80. The summed E-state index contributed by atoms with van der Waals surface area (Å²) in [6.07, 6.45) is -1.12. The highest BCUT2D eigenvalue weighted by Gasteiger charge is 2.41. The molecule has 6 heteroatoms. The number of hydrogen-bond donors (Lipinski definition) is 1. The van der Waals surface area contributed by atoms with Crippen LogP contribution in [0.3, 0.4) is 0 Å². The van der Waals surface area contributed by atoms with Gasteiger partial charge in [0, 0.05) is 6.42 Å². The molecule has 0 unspecified atom stereocenters. The van der Waals surface area contributed by atoms with Gasteiger partial charge in [-0.3, -0.25) is 4.90 Å². The molecule has 1 fully saturated rings. The van der Waals surface area contributed by atoms with E-state index < -0.39 is 29.8 Å². The van der Waals surface area contributed by atoms with Crippen molar-refractivity contribution in [2.45, 2.75) is 51.9 Å². The maximum Gasteiger partial charge on any atom is 0.411 e. The van der Waals surface area contributed by atoms with Crippen molar-refractivity contribution in [3.05, 3.63) is 0 Å². The first-order valence-electron chi connectivity index (χ1n) is 6.09. The number of hydrogen-bond acceptors (Lipinski definition) is 5. The monoisotopic (exact) mass is 259 g/mol. The van der Waals surface area contributed by atoms with Gasteiger partial charge in [-0.1, -0.05) is 0 Å². The molecule has 0 bridgehead atoms. The van der Waals surface area contributed by atoms with E-state index in [1.165, 1.54) is 4.90 Å². The Morgan fingerprint density at radius 3 is 2.50 bits per heavy atom. The summed E-state index contributed by atoms with van der Waals surface area (Å²) in [7, 11) is 0. The molecule has 1 aliphatic heterocycles. The molecule has 0 aromatic carbocycles. The lowest BCUT2D eigenvalue weighted by Gasteiger charge is -2.27. The maximum atomic E-state index is 11.9. The number of nitrogens with zero attached hydrogens (tertiary/aromatic N) is 1. The van der Waals surface area contributed by atoms with Crippen molar-refractivity contribution in [1.29, 1.82) is 0 Å². The maximum absolute atomic E-state index is 11.9. The molecule has 0 aromatic heterocycles. The van der Waals surface area contributed by atoms with Crippen molar-refractivity contribution < 1.29 is 24.2 Å². The normalized spacial score (nSPS) is 23.9. The van der Waals surface area contributed by atoms with E-state index in [0.29, 0.717) is 0 Å². The third-order valence-electron chi connectivity index (χ3n) is 2.47. The Morgan fingerprint density at radius 2 is 2.00 bits per heavy atom. The Morgan fingerprint density at radius 1 is 1.39 bits per heavy atom. The topological polar surface area (TPSA) is 76.1 Å². The van der Waals surface area contributed by atoms with Gasteiger partial charge in [0.1, 0.15) is 11.6 Å². The minimum atomic E-state index is -0.755. The van der Waals surface area contributed by atoms with E-state index in [-0.39, 0.29) is 19.6 Å². The summed E-state index contributed by atoms with van der Waals surface area (Å²) in [5, 5.41) is 9.58. The van der Waals surface area contributed by atoms with Gasteiger partial charge < -0.3 is 14.6 Å². The third kappa shape index (κ3) is 3.87. The van der Waals surface area contributed by atoms with Gasteiger partial charge in [-0.2, -0.15) is 0 Å². The van der Waals surface area contributed by atoms with Gasteiger partial charge in [-0.05, 0) is 27.7 Å². The Labute approximate surface area is 107 Å². The van der Waals surface area contributed by atoms with Crippen molar-refractivity contribution in [3.63, 3.8) is 0 Å². The molecule has 18 heavy (non-hydrogen) atoms. The predicted octanol–water partition coefficient (Wildman–Crippen LogP) is 0.920. The van der Waals surface area contributed by atoms with E-state index in [0.717, 1.165) is 0 Å². The molecule has 0 saturated carbocycles. The zero-order valence-corrected chi connectivity index (χ0v) is 11.3. The van der Waals surface area contributed by atoms with Crippen molar-refractivity contribution in [1.82, 2.24) is 4.90 Å². The lowest BCUT2D eigenvalue weighted by molar-refractivity contribution is -0.148. The van der Waals surface area contributed by atoms with Gasteiger partial charge in [0.25, 0.3) is 0 Å². The lowest BCUT2D eigenvalue weighted by Crippen LogP contribution is -2.44. The van der Waals surface area contributed by atoms with Gasteiger partial charge in [0.2, 0.25) is 0 Å². The zero-order chi connectivity index (χ0) is 13.9. The van der Waals surface area contributed by atoms with Crippen LogP contribution in [0, 0.1) is 0 Å². The SMILES string of the molecule is CCOC(=O)[C@H]1C[C@@H](O)CN1C(=O)OC(C)(C)C. The first-order valence-corrected chi connectivity index (χ1v) is 6.09. The number of esters is 1. The number of carbonyl (C=O) groups is 2. The molecule has 0 radical (unpaired) electrons. The Kier molecular flexibility index (Phi) is 4.56. The van der Waals surface area contributed by atoms with Crippen molar-refractivity contribution in [3.8, 4) is 0 Å². The second kappa shape index (κ2) is 5.56. The number of amides is 1. The average Bonchev–Trinajstić information content (AvgIpc) is 2.58. The Hall–Kier alpha value is -1.30. The highest BCUT2D eigenvalue weighted by molar-refractivity contribution is 5.82. The van der Waals surface area contributed by atoms with E-state index in [4.69, 9.17) is 9.47 Å². The molecule has 0 aromatic rings. The predicted molar refractivity (Wildman–Crippen MR) is 64.0 cm³/mol. The van der Waals surface area contributed by atoms with Crippen LogP contribution in [0.1, 0.15) is 34.1 Å². The van der Waals surface area contributed by atoms with Crippen molar-refractivity contribution in [2.24, 2.45) is 0 Å². The first-order chi connectivity index (χ1) is 8.24. The molecule has 1 rings (SSSR count). The molecular formula is C12H21NO5. The van der Waals surface area contributed by atoms with E-state index in [1.54, 1.807) is 27.7 Å². The van der Waals surface area contributed by atoms with Gasteiger partial charge in [-0.25, -0.2) is 9.59 Å². The molecule has 1 N–H and O–H groups in total.